The lowest BCUT2D eigenvalue weighted by molar-refractivity contribution is 0.414. The summed E-state index contributed by atoms with van der Waals surface area (Å²) in [7, 11) is 2.55. The zero-order valence-electron chi connectivity index (χ0n) is 13.8. The van der Waals surface area contributed by atoms with Crippen LogP contribution in [0.5, 0.6) is 11.5 Å². The molecule has 0 radical (unpaired) electrons. The first-order chi connectivity index (χ1) is 9.36. The lowest BCUT2D eigenvalue weighted by atomic mass is 10.1. The molecule has 2 aromatic rings. The Kier molecular flexibility index (Phi) is 1.08. The number of methoxy groups -OCH3 is 2. The zero-order chi connectivity index (χ0) is 15.2. The van der Waals surface area contributed by atoms with E-state index in [-0.39, 0.29) is 58.5 Å². The van der Waals surface area contributed by atoms with Gasteiger partial charge < -0.3 is 9.47 Å². The van der Waals surface area contributed by atoms with E-state index in [2.05, 4.69) is 0 Å². The quantitative estimate of drug-likeness (QED) is 0.732. The lowest BCUT2D eigenvalue weighted by Crippen LogP contribution is -1.84. The highest BCUT2D eigenvalue weighted by Crippen LogP contribution is 2.24. The van der Waals surface area contributed by atoms with Crippen molar-refractivity contribution in [2.75, 3.05) is 14.2 Å². The molecular weight excluding hydrogens is 176 g/mol. The Morgan fingerprint density at radius 3 is 1.79 bits per heavy atom. The molecule has 0 aliphatic heterocycles. The normalized spacial score (nSPS) is 16.1. The van der Waals surface area contributed by atoms with Crippen molar-refractivity contribution in [1.29, 1.82) is 0 Å². The van der Waals surface area contributed by atoms with Crippen LogP contribution in [0.2, 0.25) is 0 Å². The molecule has 72 valence electrons. The first-order valence-corrected chi connectivity index (χ1v) is 3.97. The van der Waals surface area contributed by atoms with Gasteiger partial charge in [-0.2, -0.15) is 0 Å². The predicted octanol–water partition coefficient (Wildman–Crippen LogP) is 2.86. The highest BCUT2D eigenvalue weighted by molar-refractivity contribution is 5.85. The monoisotopic (exact) mass is 194 g/mol. The van der Waals surface area contributed by atoms with E-state index < -0.39 is 0 Å². The molecule has 0 aromatic heterocycles. The smallest absolute Gasteiger partial charge is 0.119 e. The summed E-state index contributed by atoms with van der Waals surface area (Å²) in [6.45, 7) is 0. The van der Waals surface area contributed by atoms with Gasteiger partial charge in [0, 0.05) is 0 Å². The molecule has 0 saturated heterocycles. The van der Waals surface area contributed by atoms with Gasteiger partial charge in [-0.05, 0) is 34.9 Å². The third kappa shape index (κ3) is 1.51. The van der Waals surface area contributed by atoms with Crippen molar-refractivity contribution < 1.29 is 17.7 Å². The fraction of sp³-hybridized carbons (Fsp3) is 0.167. The summed E-state index contributed by atoms with van der Waals surface area (Å²) in [6, 6.07) is -1.82. The summed E-state index contributed by atoms with van der Waals surface area (Å²) >= 11 is 0. The summed E-state index contributed by atoms with van der Waals surface area (Å²) in [5.41, 5.74) is 0. The Labute approximate surface area is 91.5 Å². The molecule has 0 aliphatic carbocycles. The second kappa shape index (κ2) is 3.58. The molecule has 0 unspecified atom stereocenters. The molecule has 0 spiro atoms. The number of fused-ring (bicyclic) bond motifs is 1. The van der Waals surface area contributed by atoms with E-state index in [1.54, 1.807) is 0 Å². The van der Waals surface area contributed by atoms with E-state index in [1.165, 1.54) is 14.2 Å². The van der Waals surface area contributed by atoms with Crippen LogP contribution in [0.25, 0.3) is 10.8 Å². The minimum atomic E-state index is -0.331. The largest absolute Gasteiger partial charge is 0.497 e. The van der Waals surface area contributed by atoms with Gasteiger partial charge in [-0.3, -0.25) is 0 Å². The Morgan fingerprint density at radius 2 is 1.36 bits per heavy atom. The lowest BCUT2D eigenvalue weighted by Gasteiger charge is -2.04. The fourth-order valence-electron chi connectivity index (χ4n) is 1.04. The van der Waals surface area contributed by atoms with Crippen molar-refractivity contribution in [2.45, 2.75) is 0 Å². The van der Waals surface area contributed by atoms with Crippen LogP contribution < -0.4 is 9.47 Å². The molecule has 0 fully saturated rings. The number of benzene rings is 2. The molecule has 2 rings (SSSR count). The van der Waals surface area contributed by atoms with Gasteiger partial charge in [0.1, 0.15) is 11.5 Å². The van der Waals surface area contributed by atoms with Crippen LogP contribution in [-0.4, -0.2) is 14.2 Å². The molecule has 0 bridgehead atoms. The minimum Gasteiger partial charge on any atom is -0.497 e. The molecular formula is C12H12O2. The molecule has 0 aliphatic rings. The summed E-state index contributed by atoms with van der Waals surface area (Å²) in [5, 5.41) is -0.0858. The van der Waals surface area contributed by atoms with Crippen molar-refractivity contribution in [1.82, 2.24) is 0 Å². The van der Waals surface area contributed by atoms with Crippen LogP contribution in [-0.2, 0) is 0 Å². The van der Waals surface area contributed by atoms with Crippen molar-refractivity contribution >= 4 is 10.8 Å². The Balaban J connectivity index is 3.15. The maximum Gasteiger partial charge on any atom is 0.119 e. The molecule has 0 saturated carbocycles. The van der Waals surface area contributed by atoms with Crippen molar-refractivity contribution in [3.05, 3.63) is 36.3 Å². The molecule has 0 heterocycles. The maximum absolute atomic E-state index is 8.01. The second-order valence-electron chi connectivity index (χ2n) is 2.57. The van der Waals surface area contributed by atoms with Gasteiger partial charge in [-0.1, -0.05) is 12.1 Å². The third-order valence-electron chi connectivity index (χ3n) is 1.74. The van der Waals surface area contributed by atoms with Gasteiger partial charge in [0.2, 0.25) is 0 Å². The predicted molar refractivity (Wildman–Crippen MR) is 57.1 cm³/mol. The van der Waals surface area contributed by atoms with Gasteiger partial charge in [0.15, 0.2) is 0 Å². The van der Waals surface area contributed by atoms with Crippen molar-refractivity contribution in [3.8, 4) is 11.5 Å². The first-order valence-electron chi connectivity index (χ1n) is 6.97. The van der Waals surface area contributed by atoms with Gasteiger partial charge in [0.05, 0.1) is 22.4 Å². The zero-order valence-corrected chi connectivity index (χ0v) is 7.82. The number of hydrogen-bond donors (Lipinski definition) is 0. The molecule has 14 heavy (non-hydrogen) atoms. The van der Waals surface area contributed by atoms with Gasteiger partial charge >= 0.3 is 0 Å². The summed E-state index contributed by atoms with van der Waals surface area (Å²) in [6.07, 6.45) is 0. The van der Waals surface area contributed by atoms with Crippen LogP contribution in [0.1, 0.15) is 8.22 Å². The summed E-state index contributed by atoms with van der Waals surface area (Å²) in [4.78, 5) is 0. The Bertz CT molecular complexity index is 657. The van der Waals surface area contributed by atoms with Gasteiger partial charge in [-0.15, -0.1) is 0 Å². The highest BCUT2D eigenvalue weighted by Gasteiger charge is 1.97. The van der Waals surface area contributed by atoms with Gasteiger partial charge in [0.25, 0.3) is 0 Å². The molecule has 0 amide bonds. The third-order valence-corrected chi connectivity index (χ3v) is 1.74. The number of hydrogen-bond acceptors (Lipinski definition) is 2. The SMILES string of the molecule is [2H]c1c(OC)c([2H])c2c([2H])c(OC)c([2H])c([2H])c2c1[2H]. The average Bonchev–Trinajstić information content (AvgIpc) is 2.41. The standard InChI is InChI=1S/C12H12O2/c1-13-11-5-3-9-4-6-12(14-2)8-10(9)7-11/h3-8H,1-2H3/i3D,4D,5D,6D,7D,8D. The van der Waals surface area contributed by atoms with Crippen LogP contribution in [0.4, 0.5) is 0 Å². The Morgan fingerprint density at radius 1 is 0.857 bits per heavy atom. The second-order valence-corrected chi connectivity index (χ2v) is 2.57. The van der Waals surface area contributed by atoms with Crippen LogP contribution in [0, 0.1) is 0 Å². The average molecular weight is 194 g/mol. The topological polar surface area (TPSA) is 18.5 Å². The van der Waals surface area contributed by atoms with E-state index >= 15 is 0 Å². The van der Waals surface area contributed by atoms with Crippen LogP contribution in [0.15, 0.2) is 36.3 Å². The van der Waals surface area contributed by atoms with Crippen molar-refractivity contribution in [2.24, 2.45) is 0 Å². The van der Waals surface area contributed by atoms with Crippen molar-refractivity contribution in [3.63, 3.8) is 0 Å². The van der Waals surface area contributed by atoms with E-state index in [9.17, 15) is 0 Å². The minimum absolute atomic E-state index is 0.0132. The van der Waals surface area contributed by atoms with E-state index in [0.29, 0.717) is 0 Å². The fourth-order valence-corrected chi connectivity index (χ4v) is 1.04. The maximum atomic E-state index is 8.01. The first kappa shape index (κ1) is 4.22. The Hall–Kier alpha value is -1.70. The summed E-state index contributed by atoms with van der Waals surface area (Å²) < 4.78 is 57.3. The number of rotatable bonds is 2. The van der Waals surface area contributed by atoms with E-state index in [4.69, 9.17) is 17.7 Å². The molecule has 0 atom stereocenters. The van der Waals surface area contributed by atoms with Crippen LogP contribution in [0.3, 0.4) is 0 Å². The summed E-state index contributed by atoms with van der Waals surface area (Å²) in [5.74, 6) is -0.259. The number of ether oxygens (including phenoxy) is 2. The molecule has 2 heteroatoms. The molecule has 2 nitrogen and oxygen atoms in total. The highest BCUT2D eigenvalue weighted by atomic mass is 16.5. The van der Waals surface area contributed by atoms with Crippen LogP contribution >= 0.6 is 0 Å². The molecule has 2 aromatic carbocycles. The van der Waals surface area contributed by atoms with E-state index in [0.717, 1.165) is 0 Å². The van der Waals surface area contributed by atoms with E-state index in [1.807, 2.05) is 0 Å². The molecule has 0 N–H and O–H groups in total. The van der Waals surface area contributed by atoms with Gasteiger partial charge in [-0.25, -0.2) is 0 Å².